The number of esters is 2. The van der Waals surface area contributed by atoms with E-state index in [0.29, 0.717) is 12.8 Å². The van der Waals surface area contributed by atoms with Crippen LogP contribution in [0.1, 0.15) is 26.7 Å². The number of hydrogen-bond donors (Lipinski definition) is 0. The topological polar surface area (TPSA) is 52.6 Å². The van der Waals surface area contributed by atoms with Gasteiger partial charge in [0.25, 0.3) is 0 Å². The van der Waals surface area contributed by atoms with Crippen molar-refractivity contribution in [3.63, 3.8) is 0 Å². The van der Waals surface area contributed by atoms with Crippen LogP contribution < -0.4 is 0 Å². The largest absolute Gasteiger partial charge is 0.468 e. The molecule has 4 heteroatoms. The Morgan fingerprint density at radius 3 is 2.00 bits per heavy atom. The Bertz CT molecular complexity index is 408. The number of methoxy groups -OCH3 is 2. The molecule has 0 aromatic carbocycles. The molecular formula is C15H22O4. The van der Waals surface area contributed by atoms with E-state index in [-0.39, 0.29) is 11.3 Å². The van der Waals surface area contributed by atoms with Crippen molar-refractivity contribution < 1.29 is 19.1 Å². The minimum atomic E-state index is -1.25. The molecule has 0 bridgehead atoms. The highest BCUT2D eigenvalue weighted by atomic mass is 16.5. The first-order valence-corrected chi connectivity index (χ1v) is 6.23. The molecule has 0 radical (unpaired) electrons. The molecule has 0 aromatic rings. The molecule has 0 N–H and O–H groups in total. The van der Waals surface area contributed by atoms with Gasteiger partial charge in [-0.05, 0) is 31.1 Å². The van der Waals surface area contributed by atoms with Crippen LogP contribution in [0.5, 0.6) is 0 Å². The Kier molecular flexibility index (Phi) is 4.23. The molecule has 4 nitrogen and oxygen atoms in total. The number of hydrogen-bond acceptors (Lipinski definition) is 4. The molecular weight excluding hydrogens is 244 g/mol. The van der Waals surface area contributed by atoms with Crippen LogP contribution in [0.4, 0.5) is 0 Å². The molecule has 0 amide bonds. The Balaban J connectivity index is 3.31. The van der Waals surface area contributed by atoms with E-state index in [4.69, 9.17) is 9.47 Å². The van der Waals surface area contributed by atoms with Crippen molar-refractivity contribution in [1.82, 2.24) is 0 Å². The molecule has 0 unspecified atom stereocenters. The Labute approximate surface area is 114 Å². The number of carbonyl (C=O) groups is 2. The summed E-state index contributed by atoms with van der Waals surface area (Å²) < 4.78 is 9.65. The highest BCUT2D eigenvalue weighted by molar-refractivity contribution is 6.00. The van der Waals surface area contributed by atoms with Gasteiger partial charge in [-0.25, -0.2) is 0 Å². The van der Waals surface area contributed by atoms with Crippen molar-refractivity contribution in [2.24, 2.45) is 16.7 Å². The molecule has 1 saturated carbocycles. The fourth-order valence-electron chi connectivity index (χ4n) is 3.16. The zero-order valence-electron chi connectivity index (χ0n) is 12.1. The van der Waals surface area contributed by atoms with Crippen molar-refractivity contribution in [3.8, 4) is 0 Å². The molecule has 0 aromatic heterocycles. The predicted molar refractivity (Wildman–Crippen MR) is 72.3 cm³/mol. The van der Waals surface area contributed by atoms with Crippen LogP contribution in [0.25, 0.3) is 0 Å². The number of carbonyl (C=O) groups excluding carboxylic acids is 2. The lowest BCUT2D eigenvalue weighted by Gasteiger charge is -2.28. The van der Waals surface area contributed by atoms with E-state index in [1.165, 1.54) is 14.2 Å². The summed E-state index contributed by atoms with van der Waals surface area (Å²) in [6.45, 7) is 11.7. The maximum atomic E-state index is 12.1. The second kappa shape index (κ2) is 5.19. The lowest BCUT2D eigenvalue weighted by molar-refractivity contribution is -0.169. The van der Waals surface area contributed by atoms with Gasteiger partial charge in [0.05, 0.1) is 14.2 Å². The van der Waals surface area contributed by atoms with Gasteiger partial charge < -0.3 is 9.47 Å². The Morgan fingerprint density at radius 1 is 1.26 bits per heavy atom. The Hall–Kier alpha value is -1.58. The van der Waals surface area contributed by atoms with E-state index in [2.05, 4.69) is 13.2 Å². The molecule has 0 heterocycles. The highest BCUT2D eigenvalue weighted by Crippen LogP contribution is 2.57. The van der Waals surface area contributed by atoms with Gasteiger partial charge in [-0.3, -0.25) is 9.59 Å². The van der Waals surface area contributed by atoms with Gasteiger partial charge in [0.1, 0.15) is 0 Å². The van der Waals surface area contributed by atoms with Crippen LogP contribution in [0, 0.1) is 16.7 Å². The van der Waals surface area contributed by atoms with Gasteiger partial charge in [0.2, 0.25) is 0 Å². The summed E-state index contributed by atoms with van der Waals surface area (Å²) in [5.74, 6) is -1.09. The first-order valence-electron chi connectivity index (χ1n) is 6.23. The third kappa shape index (κ3) is 2.31. The van der Waals surface area contributed by atoms with Crippen molar-refractivity contribution in [1.29, 1.82) is 0 Å². The zero-order chi connectivity index (χ0) is 14.8. The zero-order valence-corrected chi connectivity index (χ0v) is 12.1. The smallest absolute Gasteiger partial charge is 0.323 e. The first-order chi connectivity index (χ1) is 8.77. The minimum absolute atomic E-state index is 0.00296. The second-order valence-corrected chi connectivity index (χ2v) is 5.56. The van der Waals surface area contributed by atoms with Gasteiger partial charge in [-0.2, -0.15) is 0 Å². The van der Waals surface area contributed by atoms with Crippen LogP contribution in [-0.4, -0.2) is 26.2 Å². The van der Waals surface area contributed by atoms with E-state index in [0.717, 1.165) is 5.57 Å². The molecule has 1 aliphatic rings. The van der Waals surface area contributed by atoms with Gasteiger partial charge in [0.15, 0.2) is 5.41 Å². The van der Waals surface area contributed by atoms with Crippen LogP contribution in [-0.2, 0) is 19.1 Å². The molecule has 1 aliphatic carbocycles. The molecule has 19 heavy (non-hydrogen) atoms. The van der Waals surface area contributed by atoms with Crippen LogP contribution in [0.15, 0.2) is 24.8 Å². The van der Waals surface area contributed by atoms with Crippen molar-refractivity contribution in [2.75, 3.05) is 14.2 Å². The quantitative estimate of drug-likeness (QED) is 0.445. The van der Waals surface area contributed by atoms with E-state index in [1.54, 1.807) is 6.08 Å². The summed E-state index contributed by atoms with van der Waals surface area (Å²) in [7, 11) is 2.57. The van der Waals surface area contributed by atoms with E-state index in [9.17, 15) is 9.59 Å². The summed E-state index contributed by atoms with van der Waals surface area (Å²) in [6, 6.07) is 0. The average molecular weight is 266 g/mol. The van der Waals surface area contributed by atoms with Crippen molar-refractivity contribution >= 4 is 11.9 Å². The van der Waals surface area contributed by atoms with Crippen LogP contribution in [0.2, 0.25) is 0 Å². The SMILES string of the molecule is C=C[C@@]1(C)CC(C(=O)OC)(C(=O)OC)C[C@H]1C(=C)C. The molecule has 1 rings (SSSR count). The number of rotatable bonds is 4. The van der Waals surface area contributed by atoms with Gasteiger partial charge in [0, 0.05) is 0 Å². The molecule has 1 fully saturated rings. The monoisotopic (exact) mass is 266 g/mol. The van der Waals surface area contributed by atoms with Crippen molar-refractivity contribution in [3.05, 3.63) is 24.8 Å². The third-order valence-electron chi connectivity index (χ3n) is 4.24. The molecule has 106 valence electrons. The van der Waals surface area contributed by atoms with Gasteiger partial charge in [-0.1, -0.05) is 25.2 Å². The van der Waals surface area contributed by atoms with E-state index >= 15 is 0 Å². The fraction of sp³-hybridized carbons (Fsp3) is 0.600. The molecule has 0 spiro atoms. The maximum Gasteiger partial charge on any atom is 0.323 e. The van der Waals surface area contributed by atoms with E-state index < -0.39 is 17.4 Å². The summed E-state index contributed by atoms with van der Waals surface area (Å²) in [5, 5.41) is 0. The third-order valence-corrected chi connectivity index (χ3v) is 4.24. The summed E-state index contributed by atoms with van der Waals surface area (Å²) in [6.07, 6.45) is 2.48. The predicted octanol–water partition coefficient (Wildman–Crippen LogP) is 2.50. The summed E-state index contributed by atoms with van der Waals surface area (Å²) >= 11 is 0. The van der Waals surface area contributed by atoms with E-state index in [1.807, 2.05) is 13.8 Å². The van der Waals surface area contributed by atoms with Gasteiger partial charge >= 0.3 is 11.9 Å². The number of ether oxygens (including phenoxy) is 2. The summed E-state index contributed by atoms with van der Waals surface area (Å²) in [5.41, 5.74) is -0.693. The highest BCUT2D eigenvalue weighted by Gasteiger charge is 2.60. The normalized spacial score (nSPS) is 28.5. The average Bonchev–Trinajstić information content (AvgIpc) is 2.73. The fourth-order valence-corrected chi connectivity index (χ4v) is 3.16. The van der Waals surface area contributed by atoms with Crippen molar-refractivity contribution in [2.45, 2.75) is 26.7 Å². The minimum Gasteiger partial charge on any atom is -0.468 e. The molecule has 2 atom stereocenters. The Morgan fingerprint density at radius 2 is 1.74 bits per heavy atom. The maximum absolute atomic E-state index is 12.1. The first kappa shape index (κ1) is 15.5. The summed E-state index contributed by atoms with van der Waals surface area (Å²) in [4.78, 5) is 24.2. The van der Waals surface area contributed by atoms with Gasteiger partial charge in [-0.15, -0.1) is 6.58 Å². The lowest BCUT2D eigenvalue weighted by Crippen LogP contribution is -2.39. The molecule has 0 saturated heterocycles. The van der Waals surface area contributed by atoms with Crippen LogP contribution >= 0.6 is 0 Å². The lowest BCUT2D eigenvalue weighted by atomic mass is 9.76. The standard InChI is InChI=1S/C15H22O4/c1-7-14(4)9-15(12(16)18-5,13(17)19-6)8-11(14)10(2)3/h7,11H,1-2,8-9H2,3-6H3/t11-,14-/m0/s1. The second-order valence-electron chi connectivity index (χ2n) is 5.56. The molecule has 0 aliphatic heterocycles. The van der Waals surface area contributed by atoms with Crippen LogP contribution in [0.3, 0.4) is 0 Å². The number of allylic oxidation sites excluding steroid dienone is 2.